The smallest absolute Gasteiger partial charge is 0.350 e. The molecule has 1 aliphatic heterocycles. The Labute approximate surface area is 147 Å². The van der Waals surface area contributed by atoms with Crippen molar-refractivity contribution in [3.05, 3.63) is 11.1 Å². The van der Waals surface area contributed by atoms with Gasteiger partial charge in [0, 0.05) is 5.38 Å². The van der Waals surface area contributed by atoms with Crippen LogP contribution in [0.5, 0.6) is 0 Å². The van der Waals surface area contributed by atoms with E-state index in [2.05, 4.69) is 20.8 Å². The predicted octanol–water partition coefficient (Wildman–Crippen LogP) is -0.298. The third-order valence-corrected chi connectivity index (χ3v) is 4.27. The van der Waals surface area contributed by atoms with E-state index in [1.807, 2.05) is 6.92 Å². The van der Waals surface area contributed by atoms with Crippen LogP contribution >= 0.6 is 11.3 Å². The average Bonchev–Trinajstić information content (AvgIpc) is 2.96. The first-order valence-corrected chi connectivity index (χ1v) is 8.36. The molecule has 11 heteroatoms. The molecular formula is C14H19N5O5S. The van der Waals surface area contributed by atoms with Crippen molar-refractivity contribution in [2.24, 2.45) is 5.16 Å². The Morgan fingerprint density at radius 1 is 1.56 bits per heavy atom. The summed E-state index contributed by atoms with van der Waals surface area (Å²) in [5, 5.41) is 19.7. The minimum atomic E-state index is -1.65. The monoisotopic (exact) mass is 369 g/mol. The summed E-state index contributed by atoms with van der Waals surface area (Å²) in [6.45, 7) is 4.45. The molecule has 2 atom stereocenters. The van der Waals surface area contributed by atoms with E-state index in [1.54, 1.807) is 0 Å². The fourth-order valence-electron chi connectivity index (χ4n) is 1.96. The van der Waals surface area contributed by atoms with Crippen LogP contribution in [-0.4, -0.2) is 51.3 Å². The molecule has 2 heterocycles. The minimum absolute atomic E-state index is 0.133. The Balaban J connectivity index is 2.24. The molecule has 0 bridgehead atoms. The lowest BCUT2D eigenvalue weighted by Crippen LogP contribution is -2.69. The normalized spacial score (nSPS) is 20.4. The Bertz CT molecular complexity index is 729. The number of hydrogen-bond donors (Lipinski definition) is 4. The van der Waals surface area contributed by atoms with Crippen molar-refractivity contribution in [1.82, 2.24) is 15.6 Å². The number of anilines is 1. The molecule has 0 aromatic carbocycles. The number of nitrogens with two attached hydrogens (primary N) is 1. The van der Waals surface area contributed by atoms with Gasteiger partial charge < -0.3 is 26.3 Å². The van der Waals surface area contributed by atoms with Gasteiger partial charge in [0.25, 0.3) is 5.91 Å². The van der Waals surface area contributed by atoms with Crippen LogP contribution < -0.4 is 16.4 Å². The number of amides is 2. The van der Waals surface area contributed by atoms with Crippen LogP contribution in [0, 0.1) is 0 Å². The lowest BCUT2D eigenvalue weighted by molar-refractivity contribution is -0.161. The maximum Gasteiger partial charge on any atom is 0.350 e. The third kappa shape index (κ3) is 4.05. The molecule has 0 radical (unpaired) electrons. The number of carbonyl (C=O) groups excluding carboxylic acids is 2. The van der Waals surface area contributed by atoms with Gasteiger partial charge in [-0.05, 0) is 20.3 Å². The van der Waals surface area contributed by atoms with Crippen LogP contribution in [0.15, 0.2) is 10.5 Å². The Hall–Kier alpha value is -2.69. The van der Waals surface area contributed by atoms with Gasteiger partial charge in [0.2, 0.25) is 11.5 Å². The summed E-state index contributed by atoms with van der Waals surface area (Å²) >= 11 is 1.09. The van der Waals surface area contributed by atoms with Gasteiger partial charge in [0.1, 0.15) is 11.7 Å². The summed E-state index contributed by atoms with van der Waals surface area (Å²) in [6.07, 6.45) is 0.648. The van der Waals surface area contributed by atoms with Crippen LogP contribution in [0.1, 0.15) is 32.9 Å². The quantitative estimate of drug-likeness (QED) is 0.292. The zero-order valence-corrected chi connectivity index (χ0v) is 14.7. The van der Waals surface area contributed by atoms with E-state index in [9.17, 15) is 14.4 Å². The zero-order valence-electron chi connectivity index (χ0n) is 13.9. The van der Waals surface area contributed by atoms with Crippen LogP contribution in [0.25, 0.3) is 0 Å². The van der Waals surface area contributed by atoms with Gasteiger partial charge in [-0.2, -0.15) is 0 Å². The first-order chi connectivity index (χ1) is 11.7. The van der Waals surface area contributed by atoms with E-state index in [0.29, 0.717) is 6.42 Å². The third-order valence-electron chi connectivity index (χ3n) is 3.60. The number of aromatic nitrogens is 1. The van der Waals surface area contributed by atoms with Crippen LogP contribution in [0.2, 0.25) is 0 Å². The summed E-state index contributed by atoms with van der Waals surface area (Å²) in [5.41, 5.74) is 3.81. The number of hydrogen-bond acceptors (Lipinski definition) is 8. The van der Waals surface area contributed by atoms with E-state index in [-0.39, 0.29) is 28.5 Å². The van der Waals surface area contributed by atoms with E-state index < -0.39 is 23.5 Å². The number of nitrogen functional groups attached to an aromatic ring is 1. The molecule has 0 saturated carbocycles. The Morgan fingerprint density at radius 2 is 2.24 bits per heavy atom. The number of carboxylic acid groups (broad SMARTS) is 1. The maximum atomic E-state index is 12.5. The van der Waals surface area contributed by atoms with Crippen molar-refractivity contribution < 1.29 is 24.3 Å². The van der Waals surface area contributed by atoms with Crippen LogP contribution in [0.3, 0.4) is 0 Å². The molecule has 10 nitrogen and oxygen atoms in total. The van der Waals surface area contributed by atoms with E-state index in [1.165, 1.54) is 19.2 Å². The molecular weight excluding hydrogens is 350 g/mol. The molecule has 136 valence electrons. The lowest BCUT2D eigenvalue weighted by atomic mass is 9.96. The topological polar surface area (TPSA) is 156 Å². The predicted molar refractivity (Wildman–Crippen MR) is 90.0 cm³/mol. The summed E-state index contributed by atoms with van der Waals surface area (Å²) in [5.74, 6) is -2.26. The number of rotatable bonds is 7. The molecule has 0 aliphatic carbocycles. The second-order valence-corrected chi connectivity index (χ2v) is 6.78. The summed E-state index contributed by atoms with van der Waals surface area (Å²) < 4.78 is 0. The number of β-lactam (4-membered cyclic amide) rings is 1. The number of aliphatic carboxylic acids is 1. The van der Waals surface area contributed by atoms with Crippen LogP contribution in [-0.2, 0) is 19.2 Å². The van der Waals surface area contributed by atoms with Gasteiger partial charge in [0.05, 0.1) is 6.04 Å². The molecule has 1 fully saturated rings. The molecule has 2 amide bonds. The zero-order chi connectivity index (χ0) is 18.8. The van der Waals surface area contributed by atoms with Crippen molar-refractivity contribution in [3.63, 3.8) is 0 Å². The van der Waals surface area contributed by atoms with Crippen molar-refractivity contribution >= 4 is 40.0 Å². The molecule has 1 aliphatic rings. The fraction of sp³-hybridized carbons (Fsp3) is 0.500. The van der Waals surface area contributed by atoms with Crippen molar-refractivity contribution in [1.29, 1.82) is 0 Å². The number of thiazole rings is 1. The van der Waals surface area contributed by atoms with Gasteiger partial charge in [-0.1, -0.05) is 12.1 Å². The molecule has 0 spiro atoms. The number of carboxylic acids is 1. The van der Waals surface area contributed by atoms with Gasteiger partial charge in [0.15, 0.2) is 10.8 Å². The highest BCUT2D eigenvalue weighted by atomic mass is 32.1. The first kappa shape index (κ1) is 18.6. The Kier molecular flexibility index (Phi) is 5.26. The highest BCUT2D eigenvalue weighted by Gasteiger charge is 2.40. The molecule has 1 aromatic heterocycles. The van der Waals surface area contributed by atoms with E-state index in [0.717, 1.165) is 11.3 Å². The lowest BCUT2D eigenvalue weighted by Gasteiger charge is -2.36. The number of oxime groups is 1. The van der Waals surface area contributed by atoms with Crippen LogP contribution in [0.4, 0.5) is 5.13 Å². The second-order valence-electron chi connectivity index (χ2n) is 5.89. The minimum Gasteiger partial charge on any atom is -0.478 e. The van der Waals surface area contributed by atoms with Gasteiger partial charge in [-0.25, -0.2) is 9.78 Å². The molecule has 2 rings (SSSR count). The standard InChI is InChI=1S/C14H19N5O5S/c1-4-6-8(10(20)16-6)18-11(21)9(7-5-25-13(15)17-7)19-24-14(2,3)12(22)23/h5-6,8H,4H2,1-3H3,(H2,15,17)(H,16,20)(H,18,21)(H,22,23)/b19-9-/t6-,8+/m1/s1. The van der Waals surface area contributed by atoms with Crippen molar-refractivity contribution in [2.75, 3.05) is 5.73 Å². The first-order valence-electron chi connectivity index (χ1n) is 7.48. The molecule has 25 heavy (non-hydrogen) atoms. The summed E-state index contributed by atoms with van der Waals surface area (Å²) in [7, 11) is 0. The van der Waals surface area contributed by atoms with E-state index in [4.69, 9.17) is 15.7 Å². The van der Waals surface area contributed by atoms with Gasteiger partial charge in [-0.3, -0.25) is 9.59 Å². The molecule has 1 saturated heterocycles. The highest BCUT2D eigenvalue weighted by Crippen LogP contribution is 2.16. The number of nitrogens with zero attached hydrogens (tertiary/aromatic N) is 2. The van der Waals surface area contributed by atoms with Gasteiger partial charge >= 0.3 is 5.97 Å². The second kappa shape index (κ2) is 7.05. The van der Waals surface area contributed by atoms with Crippen molar-refractivity contribution in [3.8, 4) is 0 Å². The Morgan fingerprint density at radius 3 is 2.72 bits per heavy atom. The largest absolute Gasteiger partial charge is 0.478 e. The molecule has 0 unspecified atom stereocenters. The van der Waals surface area contributed by atoms with E-state index >= 15 is 0 Å². The number of carbonyl (C=O) groups is 3. The van der Waals surface area contributed by atoms with Gasteiger partial charge in [-0.15, -0.1) is 11.3 Å². The highest BCUT2D eigenvalue weighted by molar-refractivity contribution is 7.13. The summed E-state index contributed by atoms with van der Waals surface area (Å²) in [6, 6.07) is -0.860. The maximum absolute atomic E-state index is 12.5. The SMILES string of the molecule is CC[C@H]1NC(=O)[C@H]1NC(=O)/C(=N\OC(C)(C)C(=O)O)c1csc(N)n1. The molecule has 1 aromatic rings. The van der Waals surface area contributed by atoms with Crippen molar-refractivity contribution in [2.45, 2.75) is 44.9 Å². The average molecular weight is 369 g/mol. The number of nitrogens with one attached hydrogen (secondary N) is 2. The fourth-order valence-corrected chi connectivity index (χ4v) is 2.50. The molecule has 5 N–H and O–H groups in total. The summed E-state index contributed by atoms with van der Waals surface area (Å²) in [4.78, 5) is 44.2.